The number of phenols is 1. The monoisotopic (exact) mass is 519 g/mol. The van der Waals surface area contributed by atoms with Crippen LogP contribution < -0.4 is 4.74 Å². The first-order valence-electron chi connectivity index (χ1n) is 12.3. The molecule has 0 amide bonds. The number of benzene rings is 1. The maximum atomic E-state index is 13.6. The summed E-state index contributed by atoms with van der Waals surface area (Å²) < 4.78 is 16.2. The van der Waals surface area contributed by atoms with Crippen LogP contribution in [-0.2, 0) is 30.3 Å². The summed E-state index contributed by atoms with van der Waals surface area (Å²) in [5, 5.41) is 21.8. The number of methoxy groups -OCH3 is 2. The van der Waals surface area contributed by atoms with E-state index >= 15 is 0 Å². The zero-order chi connectivity index (χ0) is 27.6. The number of hydrogen-bond acceptors (Lipinski definition) is 10. The first kappa shape index (κ1) is 25.5. The van der Waals surface area contributed by atoms with Crippen LogP contribution in [0.3, 0.4) is 0 Å². The summed E-state index contributed by atoms with van der Waals surface area (Å²) in [6.07, 6.45) is 2.10. The van der Waals surface area contributed by atoms with Gasteiger partial charge in [-0.2, -0.15) is 5.26 Å². The number of nitriles is 1. The van der Waals surface area contributed by atoms with Crippen molar-refractivity contribution in [3.05, 3.63) is 57.0 Å². The van der Waals surface area contributed by atoms with E-state index in [-0.39, 0.29) is 46.7 Å². The maximum Gasteiger partial charge on any atom is 0.302 e. The van der Waals surface area contributed by atoms with Gasteiger partial charge in [0.25, 0.3) is 0 Å². The van der Waals surface area contributed by atoms with Gasteiger partial charge in [-0.3, -0.25) is 19.3 Å². The van der Waals surface area contributed by atoms with Gasteiger partial charge in [0, 0.05) is 40.9 Å². The third-order valence-corrected chi connectivity index (χ3v) is 8.05. The second-order valence-corrected chi connectivity index (χ2v) is 10.0. The van der Waals surface area contributed by atoms with Crippen LogP contribution in [-0.4, -0.2) is 78.4 Å². The quantitative estimate of drug-likeness (QED) is 0.466. The molecule has 1 aliphatic carbocycles. The normalized spacial score (nSPS) is 26.2. The summed E-state index contributed by atoms with van der Waals surface area (Å²) in [4.78, 5) is 42.8. The molecule has 0 saturated carbocycles. The van der Waals surface area contributed by atoms with Gasteiger partial charge in [-0.05, 0) is 44.5 Å². The molecule has 38 heavy (non-hydrogen) atoms. The fourth-order valence-electron chi connectivity index (χ4n) is 6.42. The Kier molecular flexibility index (Phi) is 6.07. The number of ether oxygens (including phenoxy) is 3. The fraction of sp³-hybridized carbons (Fsp3) is 0.429. The molecule has 1 N–H and O–H groups in total. The Morgan fingerprint density at radius 1 is 1.21 bits per heavy atom. The lowest BCUT2D eigenvalue weighted by Gasteiger charge is -2.57. The smallest absolute Gasteiger partial charge is 0.302 e. The molecular formula is C28H29N3O7. The Morgan fingerprint density at radius 3 is 2.53 bits per heavy atom. The van der Waals surface area contributed by atoms with Crippen LogP contribution in [0, 0.1) is 18.3 Å². The Balaban J connectivity index is 1.79. The number of aryl methyl sites for hydroxylation is 1. The van der Waals surface area contributed by atoms with Crippen molar-refractivity contribution in [2.75, 3.05) is 27.9 Å². The molecule has 198 valence electrons. The van der Waals surface area contributed by atoms with Crippen LogP contribution in [0.5, 0.6) is 11.5 Å². The highest BCUT2D eigenvalue weighted by Crippen LogP contribution is 2.53. The predicted octanol–water partition coefficient (Wildman–Crippen LogP) is 2.01. The minimum Gasteiger partial charge on any atom is -0.504 e. The minimum atomic E-state index is -0.900. The van der Waals surface area contributed by atoms with Crippen molar-refractivity contribution in [2.24, 2.45) is 0 Å². The molecule has 1 aromatic carbocycles. The Labute approximate surface area is 220 Å². The lowest BCUT2D eigenvalue weighted by atomic mass is 9.74. The number of carbonyl (C=O) groups excluding carboxylic acids is 3. The number of ketones is 2. The van der Waals surface area contributed by atoms with Crippen molar-refractivity contribution in [1.82, 2.24) is 9.80 Å². The summed E-state index contributed by atoms with van der Waals surface area (Å²) in [5.41, 5.74) is 3.32. The summed E-state index contributed by atoms with van der Waals surface area (Å²) in [7, 11) is 4.69. The second-order valence-electron chi connectivity index (χ2n) is 10.0. The number of aromatic hydroxyl groups is 1. The van der Waals surface area contributed by atoms with Gasteiger partial charge in [0.2, 0.25) is 5.78 Å². The van der Waals surface area contributed by atoms with E-state index < -0.39 is 29.9 Å². The molecule has 5 rings (SSSR count). The van der Waals surface area contributed by atoms with Crippen molar-refractivity contribution in [3.63, 3.8) is 0 Å². The molecule has 3 aliphatic heterocycles. The molecule has 4 aliphatic rings. The Bertz CT molecular complexity index is 1430. The SMILES string of the molecule is COC1=C(C)C(=O)C2=C(C1=O)[C@H](COC(C)=O)N1C(=C2)[C@@H]2c3c(cc(C)c(OC)c3O)C[C@H]([C@@H]1C#N)N2C. The minimum absolute atomic E-state index is 0.00540. The number of likely N-dealkylation sites (N-methyl/N-ethyl adjacent to an activating group) is 1. The van der Waals surface area contributed by atoms with Gasteiger partial charge in [-0.15, -0.1) is 0 Å². The second kappa shape index (κ2) is 9.03. The number of rotatable bonds is 4. The zero-order valence-corrected chi connectivity index (χ0v) is 22.1. The fourth-order valence-corrected chi connectivity index (χ4v) is 6.42. The third kappa shape index (κ3) is 3.38. The number of phenolic OH excluding ortho intramolecular Hbond substituents is 1. The van der Waals surface area contributed by atoms with Crippen LogP contribution in [0.4, 0.5) is 0 Å². The van der Waals surface area contributed by atoms with Crippen LogP contribution in [0.25, 0.3) is 0 Å². The van der Waals surface area contributed by atoms with Crippen molar-refractivity contribution in [3.8, 4) is 17.6 Å². The molecule has 0 unspecified atom stereocenters. The van der Waals surface area contributed by atoms with E-state index in [2.05, 4.69) is 6.07 Å². The molecule has 4 atom stereocenters. The molecule has 0 radical (unpaired) electrons. The highest BCUT2D eigenvalue weighted by molar-refractivity contribution is 6.26. The van der Waals surface area contributed by atoms with Crippen LogP contribution in [0.2, 0.25) is 0 Å². The first-order valence-corrected chi connectivity index (χ1v) is 12.3. The van der Waals surface area contributed by atoms with Crippen molar-refractivity contribution >= 4 is 17.5 Å². The predicted molar refractivity (Wildman–Crippen MR) is 134 cm³/mol. The molecule has 10 heteroatoms. The molecule has 10 nitrogen and oxygen atoms in total. The molecule has 1 aromatic rings. The van der Waals surface area contributed by atoms with E-state index in [0.29, 0.717) is 23.4 Å². The highest BCUT2D eigenvalue weighted by Gasteiger charge is 2.54. The van der Waals surface area contributed by atoms with E-state index in [0.717, 1.165) is 11.1 Å². The van der Waals surface area contributed by atoms with E-state index in [1.807, 2.05) is 24.9 Å². The molecule has 0 spiro atoms. The number of allylic oxidation sites excluding steroid dienone is 4. The van der Waals surface area contributed by atoms with Crippen LogP contribution >= 0.6 is 0 Å². The summed E-state index contributed by atoms with van der Waals surface area (Å²) in [6.45, 7) is 4.40. The molecule has 1 fully saturated rings. The molecule has 2 bridgehead atoms. The number of carbonyl (C=O) groups is 3. The average Bonchev–Trinajstić information content (AvgIpc) is 2.86. The van der Waals surface area contributed by atoms with Gasteiger partial charge in [0.15, 0.2) is 23.0 Å². The number of hydrogen-bond donors (Lipinski definition) is 1. The summed E-state index contributed by atoms with van der Waals surface area (Å²) in [6, 6.07) is 1.86. The number of nitrogens with zero attached hydrogens (tertiary/aromatic N) is 3. The van der Waals surface area contributed by atoms with E-state index in [1.165, 1.54) is 28.1 Å². The van der Waals surface area contributed by atoms with Gasteiger partial charge in [0.1, 0.15) is 12.6 Å². The summed E-state index contributed by atoms with van der Waals surface area (Å²) >= 11 is 0. The van der Waals surface area contributed by atoms with Crippen molar-refractivity contribution in [1.29, 1.82) is 5.26 Å². The van der Waals surface area contributed by atoms with Gasteiger partial charge in [0.05, 0.1) is 32.4 Å². The first-order chi connectivity index (χ1) is 18.1. The maximum absolute atomic E-state index is 13.6. The lowest BCUT2D eigenvalue weighted by molar-refractivity contribution is -0.143. The van der Waals surface area contributed by atoms with E-state index in [9.17, 15) is 24.8 Å². The van der Waals surface area contributed by atoms with E-state index in [4.69, 9.17) is 14.2 Å². The Morgan fingerprint density at radius 2 is 1.92 bits per heavy atom. The summed E-state index contributed by atoms with van der Waals surface area (Å²) in [5.74, 6) is -1.13. The van der Waals surface area contributed by atoms with Gasteiger partial charge in [-0.1, -0.05) is 6.07 Å². The van der Waals surface area contributed by atoms with Gasteiger partial charge >= 0.3 is 5.97 Å². The average molecular weight is 520 g/mol. The molecule has 1 saturated heterocycles. The molecule has 0 aromatic heterocycles. The third-order valence-electron chi connectivity index (χ3n) is 8.05. The van der Waals surface area contributed by atoms with E-state index in [1.54, 1.807) is 11.0 Å². The number of Topliss-reactive ketones (excluding diaryl/α,β-unsaturated/α-hetero) is 2. The number of fused-ring (bicyclic) bond motifs is 6. The topological polar surface area (TPSA) is 129 Å². The largest absolute Gasteiger partial charge is 0.504 e. The molecular weight excluding hydrogens is 490 g/mol. The standard InChI is InChI=1S/C28H29N3O7/c1-12-7-15-8-17-19(10-29)31-18(23(30(17)4)21(15)25(34)27(12)36-5)9-16-22(20(31)11-38-14(3)32)26(35)28(37-6)13(2)24(16)33/h7,9,17,19-20,23,34H,8,11H2,1-6H3/t17-,19+,20+,23-/m1/s1. The highest BCUT2D eigenvalue weighted by atomic mass is 16.5. The lowest BCUT2D eigenvalue weighted by Crippen LogP contribution is -2.65. The van der Waals surface area contributed by atoms with Gasteiger partial charge in [-0.25, -0.2) is 0 Å². The number of esters is 1. The zero-order valence-electron chi connectivity index (χ0n) is 22.1. The van der Waals surface area contributed by atoms with Crippen molar-refractivity contribution < 1.29 is 33.7 Å². The molecule has 3 heterocycles. The Hall–Kier alpha value is -4.10. The number of piperazine rings is 1. The van der Waals surface area contributed by atoms with Crippen LogP contribution in [0.15, 0.2) is 40.3 Å². The van der Waals surface area contributed by atoms with Gasteiger partial charge < -0.3 is 24.2 Å². The van der Waals surface area contributed by atoms with Crippen molar-refractivity contribution in [2.45, 2.75) is 51.4 Å². The van der Waals surface area contributed by atoms with Crippen LogP contribution in [0.1, 0.15) is 36.6 Å².